The summed E-state index contributed by atoms with van der Waals surface area (Å²) in [6, 6.07) is 4.47. The van der Waals surface area contributed by atoms with E-state index in [0.29, 0.717) is 0 Å². The number of hydrogen-bond donors (Lipinski definition) is 1. The molecule has 9 heteroatoms. The van der Waals surface area contributed by atoms with E-state index in [9.17, 15) is 18.1 Å². The smallest absolute Gasteiger partial charge is 0.305 e. The Morgan fingerprint density at radius 2 is 1.85 bits per heavy atom. The van der Waals surface area contributed by atoms with Gasteiger partial charge in [0, 0.05) is 23.3 Å². The molecule has 1 N–H and O–H groups in total. The molecule has 0 amide bonds. The second-order valence-corrected chi connectivity index (χ2v) is 8.75. The van der Waals surface area contributed by atoms with Gasteiger partial charge >= 0.3 is 5.97 Å². The minimum Gasteiger partial charge on any atom is -0.598 e. The fourth-order valence-corrected chi connectivity index (χ4v) is 3.15. The van der Waals surface area contributed by atoms with E-state index in [2.05, 4.69) is 9.46 Å². The van der Waals surface area contributed by atoms with Crippen LogP contribution in [-0.2, 0) is 26.4 Å². The Morgan fingerprint density at radius 1 is 1.27 bits per heavy atom. The SMILES string of the molecule is COC(=O)CCC(F)(F)C(CF)(N[S+]([O-])C(C)(C)C)c1ccccc1F. The molecule has 0 heterocycles. The number of carbonyl (C=O) groups excluding carboxylic acids is 1. The quantitative estimate of drug-likeness (QED) is 0.413. The van der Waals surface area contributed by atoms with E-state index in [1.54, 1.807) is 0 Å². The van der Waals surface area contributed by atoms with Crippen LogP contribution in [-0.4, -0.2) is 35.0 Å². The summed E-state index contributed by atoms with van der Waals surface area (Å²) in [7, 11) is 1.03. The van der Waals surface area contributed by atoms with Gasteiger partial charge in [0.2, 0.25) is 0 Å². The van der Waals surface area contributed by atoms with E-state index in [1.807, 2.05) is 0 Å². The zero-order chi connectivity index (χ0) is 20.2. The number of methoxy groups -OCH3 is 1. The highest BCUT2D eigenvalue weighted by atomic mass is 32.2. The van der Waals surface area contributed by atoms with Crippen molar-refractivity contribution in [3.63, 3.8) is 0 Å². The minimum absolute atomic E-state index is 0.657. The molecule has 2 unspecified atom stereocenters. The molecule has 148 valence electrons. The maximum atomic E-state index is 15.0. The van der Waals surface area contributed by atoms with Crippen LogP contribution in [0.4, 0.5) is 17.6 Å². The Morgan fingerprint density at radius 3 is 2.31 bits per heavy atom. The van der Waals surface area contributed by atoms with Crippen LogP contribution in [0.1, 0.15) is 39.2 Å². The van der Waals surface area contributed by atoms with Crippen LogP contribution in [0.25, 0.3) is 0 Å². The van der Waals surface area contributed by atoms with Gasteiger partial charge in [-0.05, 0) is 26.8 Å². The summed E-state index contributed by atoms with van der Waals surface area (Å²) in [4.78, 5) is 11.3. The Kier molecular flexibility index (Phi) is 7.50. The number of benzene rings is 1. The first-order valence-electron chi connectivity index (χ1n) is 7.86. The monoisotopic (exact) mass is 397 g/mol. The number of carbonyl (C=O) groups is 1. The predicted octanol–water partition coefficient (Wildman–Crippen LogP) is 3.63. The van der Waals surface area contributed by atoms with Crippen molar-refractivity contribution < 1.29 is 31.6 Å². The first-order valence-corrected chi connectivity index (χ1v) is 9.01. The lowest BCUT2D eigenvalue weighted by atomic mass is 9.83. The summed E-state index contributed by atoms with van der Waals surface area (Å²) in [5, 5.41) is 0. The molecule has 2 atom stereocenters. The maximum absolute atomic E-state index is 15.0. The van der Waals surface area contributed by atoms with Gasteiger partial charge in [-0.25, -0.2) is 17.6 Å². The standard InChI is InChI=1S/C17H23F4NO3S/c1-15(2,3)26(24)22-16(11-18,12-7-5-6-8-13(12)19)17(20,21)10-9-14(23)25-4/h5-8,22H,9-11H2,1-4H3. The molecule has 0 aromatic heterocycles. The van der Waals surface area contributed by atoms with Crippen LogP contribution >= 0.6 is 0 Å². The van der Waals surface area contributed by atoms with Crippen LogP contribution in [0.3, 0.4) is 0 Å². The number of alkyl halides is 3. The van der Waals surface area contributed by atoms with E-state index >= 15 is 8.78 Å². The number of halogens is 4. The van der Waals surface area contributed by atoms with Crippen molar-refractivity contribution in [2.45, 2.75) is 49.8 Å². The molecule has 0 radical (unpaired) electrons. The number of rotatable bonds is 8. The first kappa shape index (κ1) is 22.7. The van der Waals surface area contributed by atoms with Crippen LogP contribution in [0.15, 0.2) is 24.3 Å². The van der Waals surface area contributed by atoms with E-state index in [0.717, 1.165) is 19.2 Å². The largest absolute Gasteiger partial charge is 0.598 e. The second kappa shape index (κ2) is 8.58. The highest BCUT2D eigenvalue weighted by molar-refractivity contribution is 7.90. The van der Waals surface area contributed by atoms with E-state index in [-0.39, 0.29) is 0 Å². The molecular weight excluding hydrogens is 374 g/mol. The van der Waals surface area contributed by atoms with Gasteiger partial charge in [-0.1, -0.05) is 18.2 Å². The molecule has 0 aliphatic heterocycles. The number of hydrogen-bond acceptors (Lipinski definition) is 4. The van der Waals surface area contributed by atoms with Gasteiger partial charge in [0.15, 0.2) is 5.54 Å². The molecule has 0 saturated heterocycles. The summed E-state index contributed by atoms with van der Waals surface area (Å²) < 4.78 is 76.3. The summed E-state index contributed by atoms with van der Waals surface area (Å²) >= 11 is -2.13. The molecule has 1 aromatic carbocycles. The molecule has 0 aliphatic carbocycles. The van der Waals surface area contributed by atoms with Gasteiger partial charge in [0.05, 0.1) is 13.5 Å². The van der Waals surface area contributed by atoms with Crippen molar-refractivity contribution in [2.24, 2.45) is 0 Å². The van der Waals surface area contributed by atoms with Gasteiger partial charge in [0.1, 0.15) is 17.2 Å². The third-order valence-corrected chi connectivity index (χ3v) is 5.50. The zero-order valence-electron chi connectivity index (χ0n) is 15.1. The molecule has 1 rings (SSSR count). The molecule has 4 nitrogen and oxygen atoms in total. The highest BCUT2D eigenvalue weighted by Gasteiger charge is 2.60. The van der Waals surface area contributed by atoms with Gasteiger partial charge in [0.25, 0.3) is 5.92 Å². The number of nitrogens with one attached hydrogen (secondary N) is 1. The third-order valence-electron chi connectivity index (χ3n) is 3.85. The first-order chi connectivity index (χ1) is 11.9. The molecule has 1 aromatic rings. The molecule has 0 spiro atoms. The summed E-state index contributed by atoms with van der Waals surface area (Å²) in [6.45, 7) is 2.79. The van der Waals surface area contributed by atoms with Crippen molar-refractivity contribution in [3.8, 4) is 0 Å². The normalized spacial score (nSPS) is 16.0. The van der Waals surface area contributed by atoms with E-state index in [4.69, 9.17) is 0 Å². The Balaban J connectivity index is 3.44. The fraction of sp³-hybridized carbons (Fsp3) is 0.588. The summed E-state index contributed by atoms with van der Waals surface area (Å²) in [6.07, 6.45) is -1.81. The summed E-state index contributed by atoms with van der Waals surface area (Å²) in [5.41, 5.74) is -3.56. The Labute approximate surface area is 153 Å². The fourth-order valence-electron chi connectivity index (χ4n) is 2.22. The highest BCUT2D eigenvalue weighted by Crippen LogP contribution is 2.43. The molecule has 0 aliphatic rings. The van der Waals surface area contributed by atoms with Crippen LogP contribution < -0.4 is 4.72 Å². The van der Waals surface area contributed by atoms with Gasteiger partial charge in [-0.15, -0.1) is 4.72 Å². The lowest BCUT2D eigenvalue weighted by molar-refractivity contribution is -0.146. The Bertz CT molecular complexity index is 624. The topological polar surface area (TPSA) is 61.4 Å². The average Bonchev–Trinajstić information content (AvgIpc) is 2.57. The molecule has 0 saturated carbocycles. The third kappa shape index (κ3) is 4.89. The van der Waals surface area contributed by atoms with Gasteiger partial charge in [-0.3, -0.25) is 4.79 Å². The van der Waals surface area contributed by atoms with Crippen molar-refractivity contribution in [2.75, 3.05) is 13.8 Å². The molecule has 0 fully saturated rings. The van der Waals surface area contributed by atoms with Crippen LogP contribution in [0, 0.1) is 5.82 Å². The van der Waals surface area contributed by atoms with Crippen molar-refractivity contribution >= 4 is 17.3 Å². The number of ether oxygens (including phenoxy) is 1. The molecule has 26 heavy (non-hydrogen) atoms. The number of esters is 1. The molecule has 0 bridgehead atoms. The van der Waals surface area contributed by atoms with Crippen LogP contribution in [0.2, 0.25) is 0 Å². The van der Waals surface area contributed by atoms with Crippen molar-refractivity contribution in [1.82, 2.24) is 4.72 Å². The average molecular weight is 397 g/mol. The van der Waals surface area contributed by atoms with Crippen molar-refractivity contribution in [3.05, 3.63) is 35.6 Å². The lowest BCUT2D eigenvalue weighted by Gasteiger charge is -2.40. The maximum Gasteiger partial charge on any atom is 0.305 e. The predicted molar refractivity (Wildman–Crippen MR) is 91.3 cm³/mol. The second-order valence-electron chi connectivity index (χ2n) is 6.78. The van der Waals surface area contributed by atoms with Gasteiger partial charge < -0.3 is 9.29 Å². The van der Waals surface area contributed by atoms with E-state index in [1.165, 1.54) is 32.9 Å². The minimum atomic E-state index is -3.93. The van der Waals surface area contributed by atoms with E-state index < -0.39 is 64.4 Å². The lowest BCUT2D eigenvalue weighted by Crippen LogP contribution is -2.62. The molecular formula is C17H23F4NO3S. The summed E-state index contributed by atoms with van der Waals surface area (Å²) in [5.74, 6) is -5.91. The van der Waals surface area contributed by atoms with Gasteiger partial charge in [-0.2, -0.15) is 0 Å². The van der Waals surface area contributed by atoms with Crippen LogP contribution in [0.5, 0.6) is 0 Å². The Hall–Kier alpha value is -1.32. The zero-order valence-corrected chi connectivity index (χ0v) is 15.9. The van der Waals surface area contributed by atoms with Crippen molar-refractivity contribution in [1.29, 1.82) is 0 Å².